The van der Waals surface area contributed by atoms with Gasteiger partial charge in [-0.3, -0.25) is 0 Å². The van der Waals surface area contributed by atoms with Gasteiger partial charge < -0.3 is 10.5 Å². The van der Waals surface area contributed by atoms with Crippen molar-refractivity contribution >= 4 is 27.7 Å². The molecule has 0 aliphatic heterocycles. The first kappa shape index (κ1) is 12.8. The van der Waals surface area contributed by atoms with Crippen LogP contribution < -0.4 is 5.73 Å². The molecule has 0 amide bonds. The van der Waals surface area contributed by atoms with Gasteiger partial charge in [0.25, 0.3) is 0 Å². The van der Waals surface area contributed by atoms with Crippen LogP contribution in [0.2, 0.25) is 0 Å². The van der Waals surface area contributed by atoms with Crippen LogP contribution in [0.25, 0.3) is 0 Å². The zero-order valence-electron chi connectivity index (χ0n) is 9.65. The fraction of sp³-hybridized carbons (Fsp3) is 0.417. The Morgan fingerprint density at radius 2 is 2.39 bits per heavy atom. The number of nitrogen functional groups attached to an aromatic ring is 1. The largest absolute Gasteiger partial charge is 0.461 e. The zero-order valence-corrected chi connectivity index (χ0v) is 11.2. The van der Waals surface area contributed by atoms with Crippen molar-refractivity contribution in [3.63, 3.8) is 0 Å². The van der Waals surface area contributed by atoms with Crippen LogP contribution in [-0.4, -0.2) is 17.6 Å². The average Bonchev–Trinajstić information content (AvgIpc) is 3.10. The van der Waals surface area contributed by atoms with E-state index in [-0.39, 0.29) is 17.8 Å². The number of rotatable bonds is 4. The highest BCUT2D eigenvalue weighted by molar-refractivity contribution is 9.10. The third-order valence-corrected chi connectivity index (χ3v) is 3.65. The first-order valence-electron chi connectivity index (χ1n) is 5.51. The van der Waals surface area contributed by atoms with Gasteiger partial charge in [0.05, 0.1) is 22.7 Å². The standard InChI is InChI=1S/C12H12BrN3O2/c13-9-6-16-10(15)5-8(9)11(17)18-7-12(1-2-12)3-4-14/h5-6H,1-3,7H2,(H2,15,16). The molecular weight excluding hydrogens is 298 g/mol. The minimum absolute atomic E-state index is 0.116. The average molecular weight is 310 g/mol. The summed E-state index contributed by atoms with van der Waals surface area (Å²) in [5, 5.41) is 8.68. The summed E-state index contributed by atoms with van der Waals surface area (Å²) in [6.45, 7) is 0.286. The summed E-state index contributed by atoms with van der Waals surface area (Å²) >= 11 is 3.23. The summed E-state index contributed by atoms with van der Waals surface area (Å²) in [6, 6.07) is 3.59. The van der Waals surface area contributed by atoms with Gasteiger partial charge in [0, 0.05) is 18.0 Å². The summed E-state index contributed by atoms with van der Waals surface area (Å²) < 4.78 is 5.79. The van der Waals surface area contributed by atoms with Gasteiger partial charge in [0.2, 0.25) is 0 Å². The lowest BCUT2D eigenvalue weighted by Gasteiger charge is -2.12. The number of nitrogens with zero attached hydrogens (tertiary/aromatic N) is 2. The van der Waals surface area contributed by atoms with Crippen molar-refractivity contribution in [2.75, 3.05) is 12.3 Å². The molecule has 0 unspecified atom stereocenters. The molecule has 1 fully saturated rings. The first-order valence-corrected chi connectivity index (χ1v) is 6.31. The number of hydrogen-bond donors (Lipinski definition) is 1. The normalized spacial score (nSPS) is 15.8. The number of carbonyl (C=O) groups is 1. The van der Waals surface area contributed by atoms with Gasteiger partial charge in [0.1, 0.15) is 5.82 Å². The zero-order chi connectivity index (χ0) is 13.2. The molecule has 1 aliphatic carbocycles. The van der Waals surface area contributed by atoms with Crippen molar-refractivity contribution in [2.45, 2.75) is 19.3 Å². The van der Waals surface area contributed by atoms with Crippen molar-refractivity contribution in [3.05, 3.63) is 22.3 Å². The number of nitrogens with two attached hydrogens (primary N) is 1. The number of ether oxygens (including phenoxy) is 1. The van der Waals surface area contributed by atoms with Crippen LogP contribution in [0.3, 0.4) is 0 Å². The van der Waals surface area contributed by atoms with Crippen LogP contribution in [0.5, 0.6) is 0 Å². The lowest BCUT2D eigenvalue weighted by Crippen LogP contribution is -2.15. The Kier molecular flexibility index (Phi) is 3.53. The number of hydrogen-bond acceptors (Lipinski definition) is 5. The Labute approximate surface area is 113 Å². The summed E-state index contributed by atoms with van der Waals surface area (Å²) in [6.07, 6.45) is 3.77. The second-order valence-corrected chi connectivity index (χ2v) is 5.35. The Morgan fingerprint density at radius 3 is 3.00 bits per heavy atom. The van der Waals surface area contributed by atoms with E-state index in [1.165, 1.54) is 12.3 Å². The van der Waals surface area contributed by atoms with Crippen LogP contribution in [0.15, 0.2) is 16.7 Å². The van der Waals surface area contributed by atoms with E-state index in [0.717, 1.165) is 12.8 Å². The summed E-state index contributed by atoms with van der Waals surface area (Å²) in [5.74, 6) is -0.177. The number of carbonyl (C=O) groups excluding carboxylic acids is 1. The van der Waals surface area contributed by atoms with E-state index in [1.54, 1.807) is 0 Å². The van der Waals surface area contributed by atoms with E-state index in [1.807, 2.05) is 0 Å². The lowest BCUT2D eigenvalue weighted by molar-refractivity contribution is 0.0418. The van der Waals surface area contributed by atoms with Gasteiger partial charge in [-0.05, 0) is 34.8 Å². The van der Waals surface area contributed by atoms with E-state index in [4.69, 9.17) is 15.7 Å². The minimum atomic E-state index is -0.444. The smallest absolute Gasteiger partial charge is 0.339 e. The molecule has 6 heteroatoms. The number of halogens is 1. The van der Waals surface area contributed by atoms with Crippen LogP contribution >= 0.6 is 15.9 Å². The minimum Gasteiger partial charge on any atom is -0.461 e. The van der Waals surface area contributed by atoms with Crippen LogP contribution in [0, 0.1) is 16.7 Å². The predicted molar refractivity (Wildman–Crippen MR) is 68.5 cm³/mol. The van der Waals surface area contributed by atoms with Gasteiger partial charge in [0.15, 0.2) is 0 Å². The molecule has 18 heavy (non-hydrogen) atoms. The van der Waals surface area contributed by atoms with Gasteiger partial charge in [-0.15, -0.1) is 0 Å². The van der Waals surface area contributed by atoms with Gasteiger partial charge >= 0.3 is 5.97 Å². The molecule has 94 valence electrons. The van der Waals surface area contributed by atoms with Crippen LogP contribution in [0.4, 0.5) is 5.82 Å². The highest BCUT2D eigenvalue weighted by Crippen LogP contribution is 2.48. The monoisotopic (exact) mass is 309 g/mol. The summed E-state index contributed by atoms with van der Waals surface area (Å²) in [4.78, 5) is 15.7. The molecule has 0 aromatic carbocycles. The SMILES string of the molecule is N#CCC1(COC(=O)c2cc(N)ncc2Br)CC1. The van der Waals surface area contributed by atoms with Crippen molar-refractivity contribution in [2.24, 2.45) is 5.41 Å². The molecule has 0 spiro atoms. The van der Waals surface area contributed by atoms with Crippen LogP contribution in [-0.2, 0) is 4.74 Å². The lowest BCUT2D eigenvalue weighted by atomic mass is 10.1. The second-order valence-electron chi connectivity index (χ2n) is 4.50. The van der Waals surface area contributed by atoms with Crippen molar-refractivity contribution in [3.8, 4) is 6.07 Å². The maximum absolute atomic E-state index is 11.9. The fourth-order valence-electron chi connectivity index (χ4n) is 1.62. The van der Waals surface area contributed by atoms with Crippen molar-refractivity contribution in [1.29, 1.82) is 5.26 Å². The third-order valence-electron chi connectivity index (χ3n) is 3.02. The molecule has 2 N–H and O–H groups in total. The van der Waals surface area contributed by atoms with Gasteiger partial charge in [-0.25, -0.2) is 9.78 Å². The Balaban J connectivity index is 2.00. The summed E-state index contributed by atoms with van der Waals surface area (Å²) in [5.41, 5.74) is 5.77. The second kappa shape index (κ2) is 4.94. The maximum atomic E-state index is 11.9. The van der Waals surface area contributed by atoms with E-state index in [2.05, 4.69) is 27.0 Å². The fourth-order valence-corrected chi connectivity index (χ4v) is 2.00. The Bertz CT molecular complexity index is 521. The number of pyridine rings is 1. The van der Waals surface area contributed by atoms with Gasteiger partial charge in [-0.1, -0.05) is 0 Å². The molecule has 1 aromatic rings. The third kappa shape index (κ3) is 2.79. The number of esters is 1. The van der Waals surface area contributed by atoms with Crippen molar-refractivity contribution in [1.82, 2.24) is 4.98 Å². The molecule has 0 bridgehead atoms. The van der Waals surface area contributed by atoms with E-state index < -0.39 is 5.97 Å². The highest BCUT2D eigenvalue weighted by Gasteiger charge is 2.43. The maximum Gasteiger partial charge on any atom is 0.339 e. The number of anilines is 1. The number of nitriles is 1. The molecular formula is C12H12BrN3O2. The quantitative estimate of drug-likeness (QED) is 0.862. The van der Waals surface area contributed by atoms with E-state index in [9.17, 15) is 4.79 Å². The molecule has 0 saturated heterocycles. The van der Waals surface area contributed by atoms with Crippen molar-refractivity contribution < 1.29 is 9.53 Å². The molecule has 0 radical (unpaired) electrons. The predicted octanol–water partition coefficient (Wildman–Crippen LogP) is 2.28. The van der Waals surface area contributed by atoms with Gasteiger partial charge in [-0.2, -0.15) is 5.26 Å². The summed E-state index contributed by atoms with van der Waals surface area (Å²) in [7, 11) is 0. The molecule has 1 saturated carbocycles. The van der Waals surface area contributed by atoms with E-state index >= 15 is 0 Å². The molecule has 2 rings (SSSR count). The molecule has 5 nitrogen and oxygen atoms in total. The first-order chi connectivity index (χ1) is 8.56. The molecule has 1 heterocycles. The Hall–Kier alpha value is -1.61. The Morgan fingerprint density at radius 1 is 1.67 bits per heavy atom. The van der Waals surface area contributed by atoms with E-state index in [0.29, 0.717) is 16.5 Å². The topological polar surface area (TPSA) is 89.0 Å². The number of aromatic nitrogens is 1. The molecule has 1 aromatic heterocycles. The van der Waals surface area contributed by atoms with Crippen LogP contribution in [0.1, 0.15) is 29.6 Å². The highest BCUT2D eigenvalue weighted by atomic mass is 79.9. The molecule has 0 atom stereocenters. The molecule has 1 aliphatic rings.